The lowest BCUT2D eigenvalue weighted by Crippen LogP contribution is -2.13. The van der Waals surface area contributed by atoms with Gasteiger partial charge in [-0.3, -0.25) is 4.79 Å². The maximum Gasteiger partial charge on any atom is 0.269 e. The Hall–Kier alpha value is -1.47. The second-order valence-corrected chi connectivity index (χ2v) is 5.65. The van der Waals surface area contributed by atoms with Crippen LogP contribution in [0.15, 0.2) is 16.6 Å². The van der Waals surface area contributed by atoms with Crippen molar-refractivity contribution in [2.45, 2.75) is 20.3 Å². The fourth-order valence-corrected chi connectivity index (χ4v) is 2.78. The summed E-state index contributed by atoms with van der Waals surface area (Å²) in [6, 6.07) is 3.61. The molecule has 3 N–H and O–H groups in total. The summed E-state index contributed by atoms with van der Waals surface area (Å²) in [6.45, 7) is 3.85. The first kappa shape index (κ1) is 14.0. The van der Waals surface area contributed by atoms with Crippen molar-refractivity contribution >= 4 is 44.7 Å². The Bertz CT molecular complexity index is 626. The number of nitrogens with one attached hydrogen (secondary N) is 1. The van der Waals surface area contributed by atoms with Gasteiger partial charge in [-0.05, 0) is 58.5 Å². The topological polar surface area (TPSA) is 80.9 Å². The van der Waals surface area contributed by atoms with Crippen LogP contribution >= 0.6 is 27.5 Å². The van der Waals surface area contributed by atoms with Gasteiger partial charge in [0, 0.05) is 10.2 Å². The van der Waals surface area contributed by atoms with Gasteiger partial charge < -0.3 is 11.1 Å². The number of rotatable bonds is 3. The number of nitrogen functional groups attached to an aromatic ring is 1. The zero-order chi connectivity index (χ0) is 14.0. The number of carbonyl (C=O) groups excluding carboxylic acids is 1. The Morgan fingerprint density at radius 3 is 2.95 bits per heavy atom. The molecule has 5 nitrogen and oxygen atoms in total. The lowest BCUT2D eigenvalue weighted by molar-refractivity contribution is 0.102. The van der Waals surface area contributed by atoms with E-state index in [1.807, 2.05) is 19.9 Å². The zero-order valence-corrected chi connectivity index (χ0v) is 12.9. The SMILES string of the molecule is CCc1nnsc1C(=O)Nc1cc(N)c(C)cc1Br. The highest BCUT2D eigenvalue weighted by Gasteiger charge is 2.16. The predicted octanol–water partition coefficient (Wildman–Crippen LogP) is 3.01. The van der Waals surface area contributed by atoms with Crippen LogP contribution in [0.1, 0.15) is 27.9 Å². The molecule has 0 aliphatic carbocycles. The van der Waals surface area contributed by atoms with Crippen LogP contribution in [-0.2, 0) is 6.42 Å². The van der Waals surface area contributed by atoms with E-state index in [4.69, 9.17) is 5.73 Å². The Morgan fingerprint density at radius 1 is 1.53 bits per heavy atom. The summed E-state index contributed by atoms with van der Waals surface area (Å²) in [7, 11) is 0. The number of nitrogens with two attached hydrogens (primary N) is 1. The van der Waals surface area contributed by atoms with Crippen LogP contribution in [0.25, 0.3) is 0 Å². The third-order valence-electron chi connectivity index (χ3n) is 2.70. The molecule has 0 fully saturated rings. The number of anilines is 2. The van der Waals surface area contributed by atoms with Crippen molar-refractivity contribution < 1.29 is 4.79 Å². The van der Waals surface area contributed by atoms with E-state index in [2.05, 4.69) is 30.8 Å². The van der Waals surface area contributed by atoms with E-state index in [9.17, 15) is 4.79 Å². The summed E-state index contributed by atoms with van der Waals surface area (Å²) in [5, 5.41) is 6.74. The zero-order valence-electron chi connectivity index (χ0n) is 10.5. The molecule has 0 aliphatic heterocycles. The molecule has 0 bridgehead atoms. The van der Waals surface area contributed by atoms with Gasteiger partial charge in [0.15, 0.2) is 0 Å². The number of amides is 1. The normalized spacial score (nSPS) is 10.5. The van der Waals surface area contributed by atoms with E-state index in [0.717, 1.165) is 21.6 Å². The van der Waals surface area contributed by atoms with Gasteiger partial charge in [-0.15, -0.1) is 5.10 Å². The summed E-state index contributed by atoms with van der Waals surface area (Å²) in [5.41, 5.74) is 8.79. The fourth-order valence-electron chi connectivity index (χ4n) is 1.58. The van der Waals surface area contributed by atoms with Crippen molar-refractivity contribution in [3.05, 3.63) is 32.7 Å². The molecule has 7 heteroatoms. The van der Waals surface area contributed by atoms with Crippen LogP contribution in [0.3, 0.4) is 0 Å². The first-order valence-corrected chi connectivity index (χ1v) is 7.27. The molecule has 1 aromatic heterocycles. The minimum atomic E-state index is -0.212. The Balaban J connectivity index is 2.27. The first-order valence-electron chi connectivity index (χ1n) is 5.71. The van der Waals surface area contributed by atoms with E-state index >= 15 is 0 Å². The Morgan fingerprint density at radius 2 is 2.26 bits per heavy atom. The van der Waals surface area contributed by atoms with Crippen molar-refractivity contribution in [1.29, 1.82) is 0 Å². The number of carbonyl (C=O) groups is 1. The molecule has 0 radical (unpaired) electrons. The summed E-state index contributed by atoms with van der Waals surface area (Å²) >= 11 is 4.51. The second-order valence-electron chi connectivity index (χ2n) is 4.05. The lowest BCUT2D eigenvalue weighted by atomic mass is 10.2. The Labute approximate surface area is 123 Å². The molecular formula is C12H13BrN4OS. The highest BCUT2D eigenvalue weighted by Crippen LogP contribution is 2.28. The van der Waals surface area contributed by atoms with Crippen LogP contribution in [-0.4, -0.2) is 15.5 Å². The van der Waals surface area contributed by atoms with Crippen LogP contribution in [0, 0.1) is 6.92 Å². The molecule has 2 aromatic rings. The maximum atomic E-state index is 12.2. The van der Waals surface area contributed by atoms with Gasteiger partial charge in [0.2, 0.25) is 0 Å². The number of aromatic nitrogens is 2. The molecule has 1 aromatic carbocycles. The van der Waals surface area contributed by atoms with E-state index in [1.54, 1.807) is 6.07 Å². The number of aryl methyl sites for hydroxylation is 2. The number of benzene rings is 1. The molecule has 0 aliphatic rings. The van der Waals surface area contributed by atoms with Crippen molar-refractivity contribution in [3.63, 3.8) is 0 Å². The van der Waals surface area contributed by atoms with Crippen LogP contribution < -0.4 is 11.1 Å². The van der Waals surface area contributed by atoms with Crippen molar-refractivity contribution in [3.8, 4) is 0 Å². The average Bonchev–Trinajstić information content (AvgIpc) is 2.84. The molecule has 0 unspecified atom stereocenters. The molecule has 1 amide bonds. The lowest BCUT2D eigenvalue weighted by Gasteiger charge is -2.09. The van der Waals surface area contributed by atoms with E-state index in [-0.39, 0.29) is 5.91 Å². The highest BCUT2D eigenvalue weighted by atomic mass is 79.9. The monoisotopic (exact) mass is 340 g/mol. The van der Waals surface area contributed by atoms with E-state index in [1.165, 1.54) is 0 Å². The summed E-state index contributed by atoms with van der Waals surface area (Å²) in [4.78, 5) is 12.7. The van der Waals surface area contributed by atoms with Crippen LogP contribution in [0.2, 0.25) is 0 Å². The van der Waals surface area contributed by atoms with Gasteiger partial charge in [0.1, 0.15) is 4.88 Å². The molecule has 100 valence electrons. The minimum absolute atomic E-state index is 0.212. The van der Waals surface area contributed by atoms with Gasteiger partial charge in [0.05, 0.1) is 11.4 Å². The molecule has 19 heavy (non-hydrogen) atoms. The molecular weight excluding hydrogens is 328 g/mol. The molecule has 2 rings (SSSR count). The third kappa shape index (κ3) is 2.93. The number of hydrogen-bond acceptors (Lipinski definition) is 5. The standard InChI is InChI=1S/C12H13BrN4OS/c1-3-9-11(19-17-16-9)12(18)15-10-5-8(14)6(2)4-7(10)13/h4-5H,3,14H2,1-2H3,(H,15,18). The average molecular weight is 341 g/mol. The second kappa shape index (κ2) is 5.66. The summed E-state index contributed by atoms with van der Waals surface area (Å²) in [5.74, 6) is -0.212. The van der Waals surface area contributed by atoms with E-state index in [0.29, 0.717) is 28.4 Å². The largest absolute Gasteiger partial charge is 0.398 e. The first-order chi connectivity index (χ1) is 9.02. The molecule has 0 saturated heterocycles. The minimum Gasteiger partial charge on any atom is -0.398 e. The van der Waals surface area contributed by atoms with Gasteiger partial charge >= 0.3 is 0 Å². The molecule has 1 heterocycles. The quantitative estimate of drug-likeness (QED) is 0.841. The number of nitrogens with zero attached hydrogens (tertiary/aromatic N) is 2. The summed E-state index contributed by atoms with van der Waals surface area (Å²) in [6.07, 6.45) is 0.677. The molecule has 0 saturated carbocycles. The van der Waals surface area contributed by atoms with Crippen LogP contribution in [0.4, 0.5) is 11.4 Å². The van der Waals surface area contributed by atoms with Crippen molar-refractivity contribution in [2.24, 2.45) is 0 Å². The number of hydrogen-bond donors (Lipinski definition) is 2. The van der Waals surface area contributed by atoms with E-state index < -0.39 is 0 Å². The van der Waals surface area contributed by atoms with Crippen LogP contribution in [0.5, 0.6) is 0 Å². The predicted molar refractivity (Wildman–Crippen MR) is 80.5 cm³/mol. The van der Waals surface area contributed by atoms with Crippen molar-refractivity contribution in [1.82, 2.24) is 9.59 Å². The van der Waals surface area contributed by atoms with Gasteiger partial charge in [0.25, 0.3) is 5.91 Å². The third-order valence-corrected chi connectivity index (χ3v) is 4.12. The molecule has 0 spiro atoms. The van der Waals surface area contributed by atoms with Gasteiger partial charge in [-0.25, -0.2) is 0 Å². The van der Waals surface area contributed by atoms with Crippen molar-refractivity contribution in [2.75, 3.05) is 11.1 Å². The summed E-state index contributed by atoms with van der Waals surface area (Å²) < 4.78 is 4.60. The smallest absolute Gasteiger partial charge is 0.269 e. The van der Waals surface area contributed by atoms with Gasteiger partial charge in [-0.1, -0.05) is 11.4 Å². The fraction of sp³-hybridized carbons (Fsp3) is 0.250. The van der Waals surface area contributed by atoms with Gasteiger partial charge in [-0.2, -0.15) is 0 Å². The maximum absolute atomic E-state index is 12.2. The highest BCUT2D eigenvalue weighted by molar-refractivity contribution is 9.10. The molecule has 0 atom stereocenters. The number of halogens is 1. The Kier molecular flexibility index (Phi) is 4.16.